The van der Waals surface area contributed by atoms with E-state index in [1.807, 2.05) is 0 Å². The van der Waals surface area contributed by atoms with E-state index in [4.69, 9.17) is 11.6 Å². The molecule has 25 heavy (non-hydrogen) atoms. The van der Waals surface area contributed by atoms with E-state index in [1.54, 1.807) is 0 Å². The van der Waals surface area contributed by atoms with E-state index in [9.17, 15) is 26.4 Å². The van der Waals surface area contributed by atoms with Gasteiger partial charge in [0.05, 0.1) is 9.92 Å². The molecular formula is C15H12ClF3N2O3S. The van der Waals surface area contributed by atoms with Crippen LogP contribution in [-0.2, 0) is 14.8 Å². The lowest BCUT2D eigenvalue weighted by molar-refractivity contribution is -0.116. The number of nitrogens with one attached hydrogen (secondary N) is 2. The maximum absolute atomic E-state index is 13.1. The zero-order valence-corrected chi connectivity index (χ0v) is 14.1. The van der Waals surface area contributed by atoms with Gasteiger partial charge in [-0.15, -0.1) is 0 Å². The topological polar surface area (TPSA) is 75.3 Å². The van der Waals surface area contributed by atoms with Crippen LogP contribution < -0.4 is 10.0 Å². The van der Waals surface area contributed by atoms with E-state index in [0.717, 1.165) is 12.1 Å². The molecule has 0 saturated carbocycles. The van der Waals surface area contributed by atoms with Gasteiger partial charge >= 0.3 is 0 Å². The van der Waals surface area contributed by atoms with Crippen molar-refractivity contribution in [3.8, 4) is 0 Å². The zero-order chi connectivity index (χ0) is 18.6. The summed E-state index contributed by atoms with van der Waals surface area (Å²) in [5.41, 5.74) is 0.250. The molecule has 0 spiro atoms. The van der Waals surface area contributed by atoms with Gasteiger partial charge in [0.15, 0.2) is 11.6 Å². The van der Waals surface area contributed by atoms with Crippen LogP contribution in [0.5, 0.6) is 0 Å². The van der Waals surface area contributed by atoms with Gasteiger partial charge in [0, 0.05) is 18.7 Å². The van der Waals surface area contributed by atoms with Crippen molar-refractivity contribution in [3.05, 3.63) is 58.9 Å². The Hall–Kier alpha value is -2.10. The highest BCUT2D eigenvalue weighted by Gasteiger charge is 2.16. The number of halogens is 4. The van der Waals surface area contributed by atoms with Crippen molar-refractivity contribution < 1.29 is 26.4 Å². The van der Waals surface area contributed by atoms with Gasteiger partial charge in [-0.3, -0.25) is 4.79 Å². The molecule has 5 nitrogen and oxygen atoms in total. The maximum atomic E-state index is 13.1. The van der Waals surface area contributed by atoms with Crippen LogP contribution in [0.15, 0.2) is 41.3 Å². The highest BCUT2D eigenvalue weighted by atomic mass is 35.5. The highest BCUT2D eigenvalue weighted by molar-refractivity contribution is 7.89. The second kappa shape index (κ2) is 7.85. The molecule has 0 fully saturated rings. The molecule has 10 heteroatoms. The first-order chi connectivity index (χ1) is 11.7. The number of hydrogen-bond acceptors (Lipinski definition) is 3. The number of benzene rings is 2. The third-order valence-corrected chi connectivity index (χ3v) is 4.80. The summed E-state index contributed by atoms with van der Waals surface area (Å²) in [6.07, 6.45) is -0.238. The van der Waals surface area contributed by atoms with Gasteiger partial charge in [-0.25, -0.2) is 26.3 Å². The second-order valence-electron chi connectivity index (χ2n) is 4.90. The number of amides is 1. The van der Waals surface area contributed by atoms with Crippen LogP contribution in [0.4, 0.5) is 18.9 Å². The minimum absolute atomic E-state index is 0.170. The Labute approximate surface area is 146 Å². The summed E-state index contributed by atoms with van der Waals surface area (Å²) >= 11 is 5.58. The summed E-state index contributed by atoms with van der Waals surface area (Å²) in [5.74, 6) is -3.65. The first kappa shape index (κ1) is 19.2. The highest BCUT2D eigenvalue weighted by Crippen LogP contribution is 2.19. The number of carbonyl (C=O) groups is 1. The summed E-state index contributed by atoms with van der Waals surface area (Å²) in [6.45, 7) is -0.276. The van der Waals surface area contributed by atoms with Crippen LogP contribution >= 0.6 is 11.6 Å². The molecule has 0 aromatic heterocycles. The van der Waals surface area contributed by atoms with Crippen LogP contribution in [0.25, 0.3) is 0 Å². The molecule has 0 aliphatic carbocycles. The summed E-state index contributed by atoms with van der Waals surface area (Å²) in [6, 6.07) is 5.71. The summed E-state index contributed by atoms with van der Waals surface area (Å²) in [7, 11) is -4.09. The molecule has 0 aliphatic rings. The molecule has 2 aromatic carbocycles. The molecule has 0 aliphatic heterocycles. The Morgan fingerprint density at radius 3 is 2.32 bits per heavy atom. The second-order valence-corrected chi connectivity index (χ2v) is 7.07. The van der Waals surface area contributed by atoms with Gasteiger partial charge in [-0.05, 0) is 36.4 Å². The van der Waals surface area contributed by atoms with E-state index in [1.165, 1.54) is 12.1 Å². The van der Waals surface area contributed by atoms with Gasteiger partial charge in [-0.1, -0.05) is 11.6 Å². The molecule has 0 saturated heterocycles. The van der Waals surface area contributed by atoms with E-state index >= 15 is 0 Å². The summed E-state index contributed by atoms with van der Waals surface area (Å²) in [5, 5.41) is 2.25. The lowest BCUT2D eigenvalue weighted by Crippen LogP contribution is -2.28. The Balaban J connectivity index is 1.91. The van der Waals surface area contributed by atoms with Crippen LogP contribution in [0.3, 0.4) is 0 Å². The van der Waals surface area contributed by atoms with Crippen molar-refractivity contribution in [1.29, 1.82) is 0 Å². The Morgan fingerprint density at radius 1 is 1.00 bits per heavy atom. The van der Waals surface area contributed by atoms with Crippen LogP contribution in [-0.4, -0.2) is 20.9 Å². The molecular weight excluding hydrogens is 381 g/mol. The molecule has 0 heterocycles. The molecule has 0 radical (unpaired) electrons. The molecule has 0 unspecified atom stereocenters. The quantitative estimate of drug-likeness (QED) is 0.793. The molecule has 134 valence electrons. The molecule has 2 aromatic rings. The molecule has 0 atom stereocenters. The van der Waals surface area contributed by atoms with E-state index in [-0.39, 0.29) is 23.7 Å². The maximum Gasteiger partial charge on any atom is 0.240 e. The average Bonchev–Trinajstić information content (AvgIpc) is 2.53. The first-order valence-electron chi connectivity index (χ1n) is 6.88. The molecule has 2 N–H and O–H groups in total. The molecule has 0 bridgehead atoms. The van der Waals surface area contributed by atoms with Gasteiger partial charge in [0.25, 0.3) is 0 Å². The fourth-order valence-electron chi connectivity index (χ4n) is 1.82. The van der Waals surface area contributed by atoms with E-state index in [0.29, 0.717) is 12.1 Å². The lowest BCUT2D eigenvalue weighted by Gasteiger charge is -2.08. The van der Waals surface area contributed by atoms with Crippen molar-refractivity contribution in [3.63, 3.8) is 0 Å². The van der Waals surface area contributed by atoms with Crippen LogP contribution in [0.1, 0.15) is 6.42 Å². The van der Waals surface area contributed by atoms with Gasteiger partial charge in [0.1, 0.15) is 5.82 Å². The van der Waals surface area contributed by atoms with Gasteiger partial charge < -0.3 is 5.32 Å². The van der Waals surface area contributed by atoms with Gasteiger partial charge in [-0.2, -0.15) is 0 Å². The predicted molar refractivity (Wildman–Crippen MR) is 86.2 cm³/mol. The SMILES string of the molecule is O=C(CCNS(=O)(=O)c1ccc(F)c(F)c1)Nc1ccc(F)c(Cl)c1. The van der Waals surface area contributed by atoms with E-state index in [2.05, 4.69) is 10.0 Å². The standard InChI is InChI=1S/C15H12ClF3N2O3S/c16-11-7-9(1-3-12(11)17)21-15(22)5-6-20-25(23,24)10-2-4-13(18)14(19)8-10/h1-4,7-8,20H,5-6H2,(H,21,22). The number of carbonyl (C=O) groups excluding carboxylic acids is 1. The van der Waals surface area contributed by atoms with Crippen LogP contribution in [0.2, 0.25) is 5.02 Å². The van der Waals surface area contributed by atoms with Crippen molar-refractivity contribution in [2.24, 2.45) is 0 Å². The zero-order valence-electron chi connectivity index (χ0n) is 12.5. The minimum Gasteiger partial charge on any atom is -0.326 e. The predicted octanol–water partition coefficient (Wildman–Crippen LogP) is 3.06. The Kier molecular flexibility index (Phi) is 6.04. The fourth-order valence-corrected chi connectivity index (χ4v) is 3.05. The number of anilines is 1. The van der Waals surface area contributed by atoms with Crippen molar-refractivity contribution in [2.75, 3.05) is 11.9 Å². The summed E-state index contributed by atoms with van der Waals surface area (Å²) in [4.78, 5) is 11.3. The van der Waals surface area contributed by atoms with Crippen LogP contribution in [0, 0.1) is 17.5 Å². The van der Waals surface area contributed by atoms with Crippen molar-refractivity contribution in [2.45, 2.75) is 11.3 Å². The smallest absolute Gasteiger partial charge is 0.240 e. The van der Waals surface area contributed by atoms with Crippen molar-refractivity contribution in [1.82, 2.24) is 4.72 Å². The third-order valence-electron chi connectivity index (χ3n) is 3.05. The largest absolute Gasteiger partial charge is 0.326 e. The molecule has 2 rings (SSSR count). The first-order valence-corrected chi connectivity index (χ1v) is 8.75. The third kappa shape index (κ3) is 5.18. The Morgan fingerprint density at radius 2 is 1.68 bits per heavy atom. The number of rotatable bonds is 6. The van der Waals surface area contributed by atoms with E-state index < -0.39 is 38.3 Å². The fraction of sp³-hybridized carbons (Fsp3) is 0.133. The normalized spacial score (nSPS) is 11.4. The number of sulfonamides is 1. The Bertz CT molecular complexity index is 907. The minimum atomic E-state index is -4.09. The summed E-state index contributed by atoms with van der Waals surface area (Å²) < 4.78 is 64.9. The van der Waals surface area contributed by atoms with Gasteiger partial charge in [0.2, 0.25) is 15.9 Å². The average molecular weight is 393 g/mol. The lowest BCUT2D eigenvalue weighted by atomic mass is 10.3. The van der Waals surface area contributed by atoms with Crippen molar-refractivity contribution >= 4 is 33.2 Å². The molecule has 1 amide bonds. The monoisotopic (exact) mass is 392 g/mol. The number of hydrogen-bond donors (Lipinski definition) is 2.